The highest BCUT2D eigenvalue weighted by Gasteiger charge is 2.37. The predicted octanol–water partition coefficient (Wildman–Crippen LogP) is 0.236. The summed E-state index contributed by atoms with van der Waals surface area (Å²) in [7, 11) is -3.94. The Morgan fingerprint density at radius 1 is 1.18 bits per heavy atom. The molecule has 1 aliphatic heterocycles. The molecule has 7 heteroatoms. The van der Waals surface area contributed by atoms with E-state index in [1.165, 1.54) is 12.1 Å². The SMILES string of the molecule is Cc1ccc(S(=O)(=O)N2CC(=O)NC2=O)cc1. The number of nitrogens with one attached hydrogen (secondary N) is 1. The molecule has 0 spiro atoms. The first kappa shape index (κ1) is 11.6. The number of aryl methyl sites for hydroxylation is 1. The van der Waals surface area contributed by atoms with Gasteiger partial charge in [-0.15, -0.1) is 0 Å². The molecule has 6 nitrogen and oxygen atoms in total. The van der Waals surface area contributed by atoms with Gasteiger partial charge in [-0.25, -0.2) is 17.5 Å². The van der Waals surface area contributed by atoms with Crippen molar-refractivity contribution >= 4 is 22.0 Å². The van der Waals surface area contributed by atoms with E-state index >= 15 is 0 Å². The first-order chi connectivity index (χ1) is 7.91. The summed E-state index contributed by atoms with van der Waals surface area (Å²) in [5.74, 6) is -0.620. The largest absolute Gasteiger partial charge is 0.338 e. The van der Waals surface area contributed by atoms with Crippen LogP contribution in [0.5, 0.6) is 0 Å². The fraction of sp³-hybridized carbons (Fsp3) is 0.200. The third kappa shape index (κ3) is 2.01. The lowest BCUT2D eigenvalue weighted by Crippen LogP contribution is -2.34. The van der Waals surface area contributed by atoms with Crippen molar-refractivity contribution < 1.29 is 18.0 Å². The Hall–Kier alpha value is -1.89. The monoisotopic (exact) mass is 254 g/mol. The van der Waals surface area contributed by atoms with Crippen LogP contribution >= 0.6 is 0 Å². The van der Waals surface area contributed by atoms with Gasteiger partial charge in [0, 0.05) is 0 Å². The zero-order valence-corrected chi connectivity index (χ0v) is 9.82. The van der Waals surface area contributed by atoms with E-state index in [0.29, 0.717) is 4.31 Å². The molecule has 0 radical (unpaired) electrons. The molecule has 0 saturated carbocycles. The number of carbonyl (C=O) groups excluding carboxylic acids is 2. The molecule has 17 heavy (non-hydrogen) atoms. The molecule has 1 heterocycles. The number of urea groups is 1. The molecule has 1 N–H and O–H groups in total. The van der Waals surface area contributed by atoms with Crippen LogP contribution < -0.4 is 5.32 Å². The zero-order valence-electron chi connectivity index (χ0n) is 9.00. The molecule has 3 amide bonds. The molecule has 1 aromatic rings. The average Bonchev–Trinajstić information content (AvgIpc) is 2.59. The van der Waals surface area contributed by atoms with Gasteiger partial charge in [0.05, 0.1) is 4.90 Å². The van der Waals surface area contributed by atoms with E-state index in [-0.39, 0.29) is 4.90 Å². The highest BCUT2D eigenvalue weighted by Crippen LogP contribution is 2.18. The van der Waals surface area contributed by atoms with Gasteiger partial charge in [0.15, 0.2) is 0 Å². The molecule has 1 saturated heterocycles. The summed E-state index contributed by atoms with van der Waals surface area (Å²) in [5, 5.41) is 1.92. The second kappa shape index (κ2) is 3.85. The van der Waals surface area contributed by atoms with E-state index in [1.807, 2.05) is 12.2 Å². The Morgan fingerprint density at radius 3 is 2.24 bits per heavy atom. The quantitative estimate of drug-likeness (QED) is 0.766. The van der Waals surface area contributed by atoms with Crippen molar-refractivity contribution in [3.63, 3.8) is 0 Å². The van der Waals surface area contributed by atoms with E-state index in [1.54, 1.807) is 12.1 Å². The van der Waals surface area contributed by atoms with Crippen LogP contribution in [0, 0.1) is 6.92 Å². The van der Waals surface area contributed by atoms with Gasteiger partial charge in [-0.05, 0) is 19.1 Å². The van der Waals surface area contributed by atoms with Gasteiger partial charge in [0.1, 0.15) is 6.54 Å². The topological polar surface area (TPSA) is 83.6 Å². The van der Waals surface area contributed by atoms with Gasteiger partial charge >= 0.3 is 6.03 Å². The summed E-state index contributed by atoms with van der Waals surface area (Å²) in [5.41, 5.74) is 0.908. The molecule has 2 rings (SSSR count). The molecular weight excluding hydrogens is 244 g/mol. The van der Waals surface area contributed by atoms with Crippen LogP contribution in [-0.4, -0.2) is 31.2 Å². The van der Waals surface area contributed by atoms with Gasteiger partial charge in [-0.3, -0.25) is 10.1 Å². The third-order valence-corrected chi connectivity index (χ3v) is 4.11. The molecule has 0 aliphatic carbocycles. The summed E-state index contributed by atoms with van der Waals surface area (Å²) in [6, 6.07) is 5.16. The Balaban J connectivity index is 2.40. The van der Waals surface area contributed by atoms with Crippen LogP contribution in [0.25, 0.3) is 0 Å². The Bertz CT molecular complexity index is 577. The minimum absolute atomic E-state index is 0.00653. The van der Waals surface area contributed by atoms with E-state index in [2.05, 4.69) is 0 Å². The predicted molar refractivity (Wildman–Crippen MR) is 58.6 cm³/mol. The Morgan fingerprint density at radius 2 is 1.76 bits per heavy atom. The molecule has 0 unspecified atom stereocenters. The van der Waals surface area contributed by atoms with Crippen molar-refractivity contribution in [2.45, 2.75) is 11.8 Å². The van der Waals surface area contributed by atoms with Crippen LogP contribution in [0.3, 0.4) is 0 Å². The summed E-state index contributed by atoms with van der Waals surface area (Å²) in [6.45, 7) is 1.36. The van der Waals surface area contributed by atoms with E-state index in [0.717, 1.165) is 5.56 Å². The maximum Gasteiger partial charge on any atom is 0.338 e. The second-order valence-corrected chi connectivity index (χ2v) is 5.54. The highest BCUT2D eigenvalue weighted by molar-refractivity contribution is 7.89. The van der Waals surface area contributed by atoms with Gasteiger partial charge in [-0.1, -0.05) is 17.7 Å². The van der Waals surface area contributed by atoms with E-state index < -0.39 is 28.5 Å². The lowest BCUT2D eigenvalue weighted by atomic mass is 10.2. The summed E-state index contributed by atoms with van der Waals surface area (Å²) < 4.78 is 24.6. The molecule has 1 aliphatic rings. The van der Waals surface area contributed by atoms with Gasteiger partial charge < -0.3 is 0 Å². The fourth-order valence-corrected chi connectivity index (χ4v) is 2.74. The highest BCUT2D eigenvalue weighted by atomic mass is 32.2. The number of rotatable bonds is 2. The maximum atomic E-state index is 12.0. The summed E-state index contributed by atoms with van der Waals surface area (Å²) in [4.78, 5) is 22.2. The Labute approximate surface area is 98.3 Å². The lowest BCUT2D eigenvalue weighted by molar-refractivity contribution is -0.118. The Kier molecular flexibility index (Phi) is 2.62. The number of imide groups is 1. The maximum absolute atomic E-state index is 12.0. The number of sulfonamides is 1. The number of carbonyl (C=O) groups is 2. The van der Waals surface area contributed by atoms with Gasteiger partial charge in [0.2, 0.25) is 5.91 Å². The van der Waals surface area contributed by atoms with Crippen LogP contribution in [0.4, 0.5) is 4.79 Å². The normalized spacial score (nSPS) is 16.2. The van der Waals surface area contributed by atoms with Crippen molar-refractivity contribution in [1.29, 1.82) is 0 Å². The molecule has 0 atom stereocenters. The number of hydrogen-bond donors (Lipinski definition) is 1. The smallest absolute Gasteiger partial charge is 0.275 e. The molecule has 1 aromatic carbocycles. The minimum Gasteiger partial charge on any atom is -0.275 e. The molecule has 1 fully saturated rings. The summed E-state index contributed by atoms with van der Waals surface area (Å²) >= 11 is 0. The van der Waals surface area contributed by atoms with E-state index in [4.69, 9.17) is 0 Å². The van der Waals surface area contributed by atoms with Gasteiger partial charge in [-0.2, -0.15) is 0 Å². The van der Waals surface area contributed by atoms with Crippen molar-refractivity contribution in [3.05, 3.63) is 29.8 Å². The average molecular weight is 254 g/mol. The standard InChI is InChI=1S/C10H10N2O4S/c1-7-2-4-8(5-3-7)17(15,16)12-6-9(13)11-10(12)14/h2-5H,6H2,1H3,(H,11,13,14). The van der Waals surface area contributed by atoms with Crippen LogP contribution in [0.2, 0.25) is 0 Å². The molecule has 90 valence electrons. The lowest BCUT2D eigenvalue weighted by Gasteiger charge is -2.13. The number of amides is 3. The van der Waals surface area contributed by atoms with Gasteiger partial charge in [0.25, 0.3) is 10.0 Å². The van der Waals surface area contributed by atoms with Crippen LogP contribution in [0.1, 0.15) is 5.56 Å². The van der Waals surface area contributed by atoms with Crippen molar-refractivity contribution in [1.82, 2.24) is 9.62 Å². The van der Waals surface area contributed by atoms with Crippen LogP contribution in [0.15, 0.2) is 29.2 Å². The minimum atomic E-state index is -3.94. The number of nitrogens with zero attached hydrogens (tertiary/aromatic N) is 1. The van der Waals surface area contributed by atoms with Crippen molar-refractivity contribution in [3.8, 4) is 0 Å². The summed E-state index contributed by atoms with van der Waals surface area (Å²) in [6.07, 6.45) is 0. The fourth-order valence-electron chi connectivity index (χ4n) is 1.45. The molecular formula is C10H10N2O4S. The second-order valence-electron chi connectivity index (χ2n) is 3.68. The number of benzene rings is 1. The van der Waals surface area contributed by atoms with Crippen molar-refractivity contribution in [2.24, 2.45) is 0 Å². The molecule has 0 bridgehead atoms. The first-order valence-corrected chi connectivity index (χ1v) is 6.28. The van der Waals surface area contributed by atoms with Crippen LogP contribution in [-0.2, 0) is 14.8 Å². The zero-order chi connectivity index (χ0) is 12.6. The van der Waals surface area contributed by atoms with E-state index in [9.17, 15) is 18.0 Å². The molecule has 0 aromatic heterocycles. The van der Waals surface area contributed by atoms with Crippen molar-refractivity contribution in [2.75, 3.05) is 6.54 Å². The number of hydrogen-bond acceptors (Lipinski definition) is 4. The third-order valence-electron chi connectivity index (χ3n) is 2.37. The first-order valence-electron chi connectivity index (χ1n) is 4.84.